The quantitative estimate of drug-likeness (QED) is 0.165. The molecule has 10 nitrogen and oxygen atoms in total. The Morgan fingerprint density at radius 2 is 1.87 bits per heavy atom. The molecular weight excluding hydrogens is 598 g/mol. The molecule has 2 atom stereocenters. The fourth-order valence-electron chi connectivity index (χ4n) is 5.94. The van der Waals surface area contributed by atoms with Crippen LogP contribution in [0, 0.1) is 6.92 Å². The third-order valence-electron chi connectivity index (χ3n) is 8.45. The minimum atomic E-state index is -0.835. The molecule has 1 aliphatic heterocycles. The lowest BCUT2D eigenvalue weighted by molar-refractivity contribution is -0.121. The number of nitrogens with zero attached hydrogens (tertiary/aromatic N) is 1. The second-order valence-corrected chi connectivity index (χ2v) is 12.1. The van der Waals surface area contributed by atoms with E-state index < -0.39 is 23.7 Å². The highest BCUT2D eigenvalue weighted by Crippen LogP contribution is 2.44. The number of carbonyl (C=O) groups is 3. The molecule has 1 aliphatic rings. The molecule has 0 aliphatic carbocycles. The van der Waals surface area contributed by atoms with Gasteiger partial charge in [-0.05, 0) is 86.6 Å². The summed E-state index contributed by atoms with van der Waals surface area (Å²) >= 11 is 0. The number of esters is 1. The lowest BCUT2D eigenvalue weighted by Crippen LogP contribution is -2.25. The van der Waals surface area contributed by atoms with Gasteiger partial charge in [-0.2, -0.15) is 0 Å². The van der Waals surface area contributed by atoms with Gasteiger partial charge in [-0.3, -0.25) is 9.59 Å². The minimum absolute atomic E-state index is 0.0352. The Balaban J connectivity index is 1.49. The van der Waals surface area contributed by atoms with Crippen molar-refractivity contribution in [2.75, 3.05) is 7.11 Å². The standard InChI is InChI=1S/C37H41N3O7/c1-22-12-17-29-30(18-22)40-32(39-29)21-38-33(43)20-28(24-13-15-27(46-3)16-14-24)35-31(42)19-25-9-5-4-6-10-26(41)11-7-8-23(2)47-37(45)34(25)36(35)44/h5,9,12-19,23,28,42,44H,4,6-8,10-11,20-21H2,1-3H3,(H,38,43)(H,39,40)/b9-5+/t23-,28?/m0/s1. The van der Waals surface area contributed by atoms with Crippen molar-refractivity contribution in [1.82, 2.24) is 15.3 Å². The second kappa shape index (κ2) is 15.0. The summed E-state index contributed by atoms with van der Waals surface area (Å²) in [6.07, 6.45) is 6.00. The highest BCUT2D eigenvalue weighted by Gasteiger charge is 2.31. The number of fused-ring (bicyclic) bond motifs is 2. The second-order valence-electron chi connectivity index (χ2n) is 12.1. The first-order valence-corrected chi connectivity index (χ1v) is 16.0. The number of benzene rings is 3. The molecule has 246 valence electrons. The molecule has 0 radical (unpaired) electrons. The van der Waals surface area contributed by atoms with Gasteiger partial charge >= 0.3 is 5.97 Å². The molecule has 2 heterocycles. The van der Waals surface area contributed by atoms with Gasteiger partial charge in [0.05, 0.1) is 30.8 Å². The number of ketones is 1. The van der Waals surface area contributed by atoms with Crippen LogP contribution in [0.5, 0.6) is 17.2 Å². The molecule has 0 fully saturated rings. The van der Waals surface area contributed by atoms with E-state index in [0.29, 0.717) is 55.7 Å². The summed E-state index contributed by atoms with van der Waals surface area (Å²) in [5, 5.41) is 26.0. The molecule has 4 aromatic rings. The average Bonchev–Trinajstić information content (AvgIpc) is 3.44. The molecule has 4 N–H and O–H groups in total. The molecule has 47 heavy (non-hydrogen) atoms. The van der Waals surface area contributed by atoms with Gasteiger partial charge in [0.1, 0.15) is 34.4 Å². The lowest BCUT2D eigenvalue weighted by atomic mass is 9.84. The number of aryl methyl sites for hydroxylation is 1. The molecule has 0 saturated carbocycles. The van der Waals surface area contributed by atoms with Gasteiger partial charge in [-0.25, -0.2) is 9.78 Å². The van der Waals surface area contributed by atoms with Crippen LogP contribution in [0.1, 0.15) is 96.2 Å². The number of rotatable bonds is 7. The van der Waals surface area contributed by atoms with Crippen molar-refractivity contribution in [3.63, 3.8) is 0 Å². The van der Waals surface area contributed by atoms with E-state index in [1.54, 1.807) is 50.5 Å². The van der Waals surface area contributed by atoms with Crippen molar-refractivity contribution in [3.05, 3.63) is 88.2 Å². The topological polar surface area (TPSA) is 151 Å². The summed E-state index contributed by atoms with van der Waals surface area (Å²) in [7, 11) is 1.54. The summed E-state index contributed by atoms with van der Waals surface area (Å²) in [4.78, 5) is 47.0. The van der Waals surface area contributed by atoms with Gasteiger partial charge < -0.3 is 30.0 Å². The van der Waals surface area contributed by atoms with Crippen molar-refractivity contribution in [2.24, 2.45) is 0 Å². The number of nitrogens with one attached hydrogen (secondary N) is 2. The zero-order chi connectivity index (χ0) is 33.5. The number of aromatic amines is 1. The first-order valence-electron chi connectivity index (χ1n) is 16.0. The molecule has 1 unspecified atom stereocenters. The van der Waals surface area contributed by atoms with E-state index in [1.165, 1.54) is 6.07 Å². The average molecular weight is 640 g/mol. The van der Waals surface area contributed by atoms with E-state index in [1.807, 2.05) is 25.1 Å². The molecule has 5 rings (SSSR count). The van der Waals surface area contributed by atoms with Crippen molar-refractivity contribution in [3.8, 4) is 17.2 Å². The van der Waals surface area contributed by atoms with Crippen LogP contribution < -0.4 is 10.1 Å². The number of allylic oxidation sites excluding steroid dienone is 1. The van der Waals surface area contributed by atoms with E-state index in [0.717, 1.165) is 16.6 Å². The summed E-state index contributed by atoms with van der Waals surface area (Å²) < 4.78 is 11.0. The molecule has 0 bridgehead atoms. The van der Waals surface area contributed by atoms with Gasteiger partial charge in [-0.1, -0.05) is 30.4 Å². The Bertz CT molecular complexity index is 1790. The number of cyclic esters (lactones) is 1. The predicted molar refractivity (Wildman–Crippen MR) is 179 cm³/mol. The van der Waals surface area contributed by atoms with Crippen LogP contribution in [0.2, 0.25) is 0 Å². The number of carbonyl (C=O) groups excluding carboxylic acids is 3. The maximum atomic E-state index is 13.6. The summed E-state index contributed by atoms with van der Waals surface area (Å²) in [6, 6.07) is 14.2. The first kappa shape index (κ1) is 33.2. The zero-order valence-corrected chi connectivity index (χ0v) is 27.0. The smallest absolute Gasteiger partial charge is 0.342 e. The number of Topliss-reactive ketones (excluding diaryl/α,β-unsaturated/α-hetero) is 1. The number of aromatic hydroxyl groups is 2. The Kier molecular flexibility index (Phi) is 10.6. The highest BCUT2D eigenvalue weighted by atomic mass is 16.5. The number of phenols is 2. The van der Waals surface area contributed by atoms with Crippen molar-refractivity contribution in [2.45, 2.75) is 77.4 Å². The molecule has 0 spiro atoms. The van der Waals surface area contributed by atoms with Gasteiger partial charge in [0, 0.05) is 30.7 Å². The van der Waals surface area contributed by atoms with Crippen molar-refractivity contribution < 1.29 is 34.1 Å². The Morgan fingerprint density at radius 3 is 2.64 bits per heavy atom. The van der Waals surface area contributed by atoms with Gasteiger partial charge in [0.2, 0.25) is 5.91 Å². The third kappa shape index (κ3) is 8.19. The number of H-pyrrole nitrogens is 1. The Morgan fingerprint density at radius 1 is 1.11 bits per heavy atom. The number of amides is 1. The summed E-state index contributed by atoms with van der Waals surface area (Å²) in [6.45, 7) is 3.88. The number of ether oxygens (including phenoxy) is 2. The molecule has 10 heteroatoms. The number of phenolic OH excluding ortho intramolecular Hbond substituents is 2. The molecule has 1 amide bonds. The van der Waals surface area contributed by atoms with Crippen LogP contribution in [-0.4, -0.2) is 51.1 Å². The van der Waals surface area contributed by atoms with Crippen LogP contribution in [0.3, 0.4) is 0 Å². The normalized spacial score (nSPS) is 17.3. The molecule has 3 aromatic carbocycles. The van der Waals surface area contributed by atoms with Crippen LogP contribution in [-0.2, 0) is 20.9 Å². The Hall–Kier alpha value is -5.12. The van der Waals surface area contributed by atoms with Crippen LogP contribution in [0.25, 0.3) is 17.1 Å². The van der Waals surface area contributed by atoms with E-state index in [2.05, 4.69) is 15.3 Å². The zero-order valence-electron chi connectivity index (χ0n) is 27.0. The van der Waals surface area contributed by atoms with Gasteiger partial charge in [-0.15, -0.1) is 0 Å². The monoisotopic (exact) mass is 639 g/mol. The van der Waals surface area contributed by atoms with Crippen molar-refractivity contribution in [1.29, 1.82) is 0 Å². The summed E-state index contributed by atoms with van der Waals surface area (Å²) in [5.41, 5.74) is 3.59. The van der Waals surface area contributed by atoms with Crippen LogP contribution in [0.4, 0.5) is 0 Å². The number of hydrogen-bond acceptors (Lipinski definition) is 8. The Labute approximate surface area is 273 Å². The number of hydrogen-bond donors (Lipinski definition) is 4. The van der Waals surface area contributed by atoms with Crippen molar-refractivity contribution >= 4 is 34.8 Å². The molecular formula is C37H41N3O7. The lowest BCUT2D eigenvalue weighted by Gasteiger charge is -2.23. The summed E-state index contributed by atoms with van der Waals surface area (Å²) in [5.74, 6) is -1.31. The molecule has 0 saturated heterocycles. The number of imidazole rings is 1. The maximum absolute atomic E-state index is 13.6. The number of aromatic nitrogens is 2. The maximum Gasteiger partial charge on any atom is 0.342 e. The van der Waals surface area contributed by atoms with Gasteiger partial charge in [0.15, 0.2) is 0 Å². The van der Waals surface area contributed by atoms with E-state index in [-0.39, 0.29) is 47.1 Å². The predicted octanol–water partition coefficient (Wildman–Crippen LogP) is 6.61. The highest BCUT2D eigenvalue weighted by molar-refractivity contribution is 5.98. The minimum Gasteiger partial charge on any atom is -0.507 e. The molecule has 1 aromatic heterocycles. The van der Waals surface area contributed by atoms with E-state index >= 15 is 0 Å². The fourth-order valence-corrected chi connectivity index (χ4v) is 5.94. The van der Waals surface area contributed by atoms with E-state index in [9.17, 15) is 24.6 Å². The SMILES string of the molecule is COc1ccc(C(CC(=O)NCc2nc3ccc(C)cc3[nH]2)c2c(O)cc3c(c2O)C(=O)O[C@@H](C)CCCC(=O)CCC/C=C/3)cc1. The first-order chi connectivity index (χ1) is 22.6. The van der Waals surface area contributed by atoms with E-state index in [4.69, 9.17) is 9.47 Å². The van der Waals surface area contributed by atoms with Gasteiger partial charge in [0.25, 0.3) is 0 Å². The fraction of sp³-hybridized carbons (Fsp3) is 0.351. The number of methoxy groups -OCH3 is 1. The van der Waals surface area contributed by atoms with Crippen LogP contribution >= 0.6 is 0 Å². The third-order valence-corrected chi connectivity index (χ3v) is 8.45. The van der Waals surface area contributed by atoms with Crippen LogP contribution in [0.15, 0.2) is 54.6 Å². The largest absolute Gasteiger partial charge is 0.507 e.